The van der Waals surface area contributed by atoms with Gasteiger partial charge in [0.15, 0.2) is 0 Å². The van der Waals surface area contributed by atoms with Crippen molar-refractivity contribution < 1.29 is 9.59 Å². The van der Waals surface area contributed by atoms with Crippen molar-refractivity contribution in [3.05, 3.63) is 0 Å². The van der Waals surface area contributed by atoms with Gasteiger partial charge in [-0.05, 0) is 6.42 Å². The molecule has 0 heterocycles. The number of hydrogen-bond acceptors (Lipinski definition) is 2. The van der Waals surface area contributed by atoms with E-state index in [0.29, 0.717) is 6.54 Å². The normalized spacial score (nSPS) is 11.2. The minimum Gasteiger partial charge on any atom is -0.356 e. The molecular weight excluding hydrogens is 190 g/mol. The Kier molecular flexibility index (Phi) is 6.21. The van der Waals surface area contributed by atoms with E-state index in [1.807, 2.05) is 20.8 Å². The lowest BCUT2D eigenvalue weighted by Crippen LogP contribution is -2.31. The second-order valence-corrected chi connectivity index (χ2v) is 4.91. The maximum Gasteiger partial charge on any atom is 0.227 e. The third-order valence-corrected chi connectivity index (χ3v) is 2.26. The molecule has 0 atom stereocenters. The van der Waals surface area contributed by atoms with E-state index in [0.717, 1.165) is 19.3 Å². The Balaban J connectivity index is 3.71. The summed E-state index contributed by atoms with van der Waals surface area (Å²) in [6.45, 7) is 8.30. The van der Waals surface area contributed by atoms with Crippen molar-refractivity contribution in [1.29, 1.82) is 0 Å². The highest BCUT2D eigenvalue weighted by Crippen LogP contribution is 2.16. The molecule has 3 heteroatoms. The summed E-state index contributed by atoms with van der Waals surface area (Å²) in [6, 6.07) is 0. The van der Waals surface area contributed by atoms with Crippen molar-refractivity contribution in [2.45, 2.75) is 53.4 Å². The molecule has 0 rings (SSSR count). The number of nitrogens with one attached hydrogen (secondary N) is 1. The van der Waals surface area contributed by atoms with E-state index in [2.05, 4.69) is 12.2 Å². The van der Waals surface area contributed by atoms with Gasteiger partial charge in [-0.1, -0.05) is 40.5 Å². The molecule has 0 fully saturated rings. The summed E-state index contributed by atoms with van der Waals surface area (Å²) in [5, 5.41) is 2.76. The lowest BCUT2D eigenvalue weighted by molar-refractivity contribution is -0.132. The van der Waals surface area contributed by atoms with Crippen LogP contribution in [-0.4, -0.2) is 18.2 Å². The lowest BCUT2D eigenvalue weighted by atomic mass is 9.89. The molecule has 0 saturated heterocycles. The highest BCUT2D eigenvalue weighted by molar-refractivity contribution is 6.00. The lowest BCUT2D eigenvalue weighted by Gasteiger charge is -2.15. The molecule has 88 valence electrons. The van der Waals surface area contributed by atoms with Gasteiger partial charge in [-0.3, -0.25) is 9.59 Å². The van der Waals surface area contributed by atoms with Crippen LogP contribution in [0.25, 0.3) is 0 Å². The maximum absolute atomic E-state index is 11.5. The van der Waals surface area contributed by atoms with Gasteiger partial charge in [-0.25, -0.2) is 0 Å². The van der Waals surface area contributed by atoms with Crippen LogP contribution in [0.4, 0.5) is 0 Å². The van der Waals surface area contributed by atoms with Crippen molar-refractivity contribution in [2.24, 2.45) is 5.41 Å². The molecule has 0 spiro atoms. The topological polar surface area (TPSA) is 46.2 Å². The maximum atomic E-state index is 11.5. The molecule has 0 saturated carbocycles. The van der Waals surface area contributed by atoms with Crippen LogP contribution in [0, 0.1) is 5.41 Å². The third-order valence-electron chi connectivity index (χ3n) is 2.26. The fourth-order valence-corrected chi connectivity index (χ4v) is 1.08. The number of amides is 1. The molecule has 0 radical (unpaired) electrons. The Bertz CT molecular complexity index is 216. The minimum absolute atomic E-state index is 0.00417. The van der Waals surface area contributed by atoms with Gasteiger partial charge >= 0.3 is 0 Å². The van der Waals surface area contributed by atoms with Crippen LogP contribution < -0.4 is 5.32 Å². The molecule has 1 N–H and O–H groups in total. The first kappa shape index (κ1) is 14.1. The number of Topliss-reactive ketones (excluding diaryl/α,β-unsaturated/α-hetero) is 1. The van der Waals surface area contributed by atoms with E-state index in [-0.39, 0.29) is 18.1 Å². The molecule has 0 aliphatic heterocycles. The molecule has 0 unspecified atom stereocenters. The Morgan fingerprint density at radius 3 is 2.20 bits per heavy atom. The number of ketones is 1. The molecule has 15 heavy (non-hydrogen) atoms. The molecular formula is C12H23NO2. The van der Waals surface area contributed by atoms with Crippen molar-refractivity contribution in [3.63, 3.8) is 0 Å². The van der Waals surface area contributed by atoms with Crippen molar-refractivity contribution in [1.82, 2.24) is 5.32 Å². The first-order valence-corrected chi connectivity index (χ1v) is 5.68. The molecule has 1 amide bonds. The average molecular weight is 213 g/mol. The van der Waals surface area contributed by atoms with Crippen LogP contribution in [-0.2, 0) is 9.59 Å². The second-order valence-electron chi connectivity index (χ2n) is 4.91. The summed E-state index contributed by atoms with van der Waals surface area (Å²) in [6.07, 6.45) is 3.26. The van der Waals surface area contributed by atoms with E-state index in [1.54, 1.807) is 0 Å². The summed E-state index contributed by atoms with van der Waals surface area (Å²) in [5.41, 5.74) is -0.416. The van der Waals surface area contributed by atoms with Gasteiger partial charge in [0.25, 0.3) is 0 Å². The first-order chi connectivity index (χ1) is 6.88. The number of hydrogen-bond donors (Lipinski definition) is 1. The SMILES string of the molecule is CCCCCNC(=O)CC(=O)C(C)(C)C. The molecule has 0 aromatic rings. The zero-order chi connectivity index (χ0) is 11.9. The van der Waals surface area contributed by atoms with E-state index in [9.17, 15) is 9.59 Å². The van der Waals surface area contributed by atoms with Crippen LogP contribution in [0.15, 0.2) is 0 Å². The Hall–Kier alpha value is -0.860. The second kappa shape index (κ2) is 6.59. The van der Waals surface area contributed by atoms with E-state index >= 15 is 0 Å². The van der Waals surface area contributed by atoms with Crippen molar-refractivity contribution >= 4 is 11.7 Å². The monoisotopic (exact) mass is 213 g/mol. The number of carbonyl (C=O) groups is 2. The largest absolute Gasteiger partial charge is 0.356 e. The van der Waals surface area contributed by atoms with Gasteiger partial charge in [0.05, 0.1) is 6.42 Å². The van der Waals surface area contributed by atoms with Gasteiger partial charge < -0.3 is 5.32 Å². The van der Waals surface area contributed by atoms with Crippen molar-refractivity contribution in [3.8, 4) is 0 Å². The third kappa shape index (κ3) is 7.11. The van der Waals surface area contributed by atoms with Crippen LogP contribution in [0.2, 0.25) is 0 Å². The number of rotatable bonds is 6. The molecule has 0 bridgehead atoms. The molecule has 0 aliphatic rings. The van der Waals surface area contributed by atoms with Gasteiger partial charge in [-0.15, -0.1) is 0 Å². The summed E-state index contributed by atoms with van der Waals surface area (Å²) >= 11 is 0. The highest BCUT2D eigenvalue weighted by Gasteiger charge is 2.23. The van der Waals surface area contributed by atoms with E-state index in [4.69, 9.17) is 0 Å². The Morgan fingerprint density at radius 2 is 1.73 bits per heavy atom. The van der Waals surface area contributed by atoms with Gasteiger partial charge in [0.2, 0.25) is 5.91 Å². The quantitative estimate of drug-likeness (QED) is 0.543. The molecule has 0 aromatic carbocycles. The standard InChI is InChI=1S/C12H23NO2/c1-5-6-7-8-13-11(15)9-10(14)12(2,3)4/h5-9H2,1-4H3,(H,13,15). The minimum atomic E-state index is -0.416. The van der Waals surface area contributed by atoms with Crippen LogP contribution in [0.5, 0.6) is 0 Å². The average Bonchev–Trinajstić information content (AvgIpc) is 2.11. The van der Waals surface area contributed by atoms with Crippen molar-refractivity contribution in [2.75, 3.05) is 6.54 Å². The zero-order valence-electron chi connectivity index (χ0n) is 10.4. The summed E-state index contributed by atoms with van der Waals surface area (Å²) in [5.74, 6) is -0.151. The Morgan fingerprint density at radius 1 is 1.13 bits per heavy atom. The number of unbranched alkanes of at least 4 members (excludes halogenated alkanes) is 2. The summed E-state index contributed by atoms with van der Waals surface area (Å²) in [4.78, 5) is 22.8. The predicted octanol–water partition coefficient (Wildman–Crippen LogP) is 2.30. The first-order valence-electron chi connectivity index (χ1n) is 5.68. The van der Waals surface area contributed by atoms with Gasteiger partial charge in [0.1, 0.15) is 5.78 Å². The predicted molar refractivity (Wildman–Crippen MR) is 61.6 cm³/mol. The van der Waals surface area contributed by atoms with Crippen LogP contribution in [0.1, 0.15) is 53.4 Å². The fourth-order valence-electron chi connectivity index (χ4n) is 1.08. The fraction of sp³-hybridized carbons (Fsp3) is 0.833. The number of carbonyl (C=O) groups excluding carboxylic acids is 2. The van der Waals surface area contributed by atoms with Crippen LogP contribution in [0.3, 0.4) is 0 Å². The summed E-state index contributed by atoms with van der Waals surface area (Å²) in [7, 11) is 0. The summed E-state index contributed by atoms with van der Waals surface area (Å²) < 4.78 is 0. The molecule has 0 aliphatic carbocycles. The van der Waals surface area contributed by atoms with Crippen LogP contribution >= 0.6 is 0 Å². The highest BCUT2D eigenvalue weighted by atomic mass is 16.2. The smallest absolute Gasteiger partial charge is 0.227 e. The Labute approximate surface area is 92.6 Å². The van der Waals surface area contributed by atoms with E-state index < -0.39 is 5.41 Å². The van der Waals surface area contributed by atoms with Gasteiger partial charge in [-0.2, -0.15) is 0 Å². The van der Waals surface area contributed by atoms with E-state index in [1.165, 1.54) is 0 Å². The van der Waals surface area contributed by atoms with Gasteiger partial charge in [0, 0.05) is 12.0 Å². The molecule has 3 nitrogen and oxygen atoms in total. The zero-order valence-corrected chi connectivity index (χ0v) is 10.4. The molecule has 0 aromatic heterocycles.